The van der Waals surface area contributed by atoms with Gasteiger partial charge in [-0.25, -0.2) is 0 Å². The van der Waals surface area contributed by atoms with Gasteiger partial charge in [-0.3, -0.25) is 5.32 Å². The number of carbonyl (C=O) groups excluding carboxylic acids is 1. The third kappa shape index (κ3) is 4.39. The molecule has 98 valence electrons. The van der Waals surface area contributed by atoms with Crippen molar-refractivity contribution < 1.29 is 4.79 Å². The van der Waals surface area contributed by atoms with Crippen molar-refractivity contribution in [2.75, 3.05) is 0 Å². The molecule has 0 spiro atoms. The fraction of sp³-hybridized carbons (Fsp3) is 0.133. The average molecular weight is 292 g/mol. The Kier molecular flexibility index (Phi) is 5.45. The summed E-state index contributed by atoms with van der Waals surface area (Å²) in [6.07, 6.45) is 0.911. The Morgan fingerprint density at radius 2 is 1.79 bits per heavy atom. The summed E-state index contributed by atoms with van der Waals surface area (Å²) in [4.78, 5) is 12.2. The van der Waals surface area contributed by atoms with Gasteiger partial charge in [0.2, 0.25) is 0 Å². The predicted molar refractivity (Wildman–Crippen MR) is 80.4 cm³/mol. The maximum atomic E-state index is 11.1. The van der Waals surface area contributed by atoms with E-state index in [1.165, 1.54) is 11.8 Å². The van der Waals surface area contributed by atoms with E-state index in [1.807, 2.05) is 54.6 Å². The summed E-state index contributed by atoms with van der Waals surface area (Å²) in [7, 11) is 0. The van der Waals surface area contributed by atoms with Gasteiger partial charge in [-0.2, -0.15) is 0 Å². The molecule has 0 aliphatic heterocycles. The van der Waals surface area contributed by atoms with E-state index in [2.05, 4.69) is 5.32 Å². The third-order valence-electron chi connectivity index (χ3n) is 2.58. The van der Waals surface area contributed by atoms with Crippen LogP contribution in [0.15, 0.2) is 59.5 Å². The molecule has 2 rings (SSSR count). The highest BCUT2D eigenvalue weighted by atomic mass is 35.5. The van der Waals surface area contributed by atoms with E-state index in [1.54, 1.807) is 0 Å². The first-order valence-corrected chi connectivity index (χ1v) is 7.19. The molecule has 0 radical (unpaired) electrons. The minimum atomic E-state index is -0.279. The van der Waals surface area contributed by atoms with Gasteiger partial charge in [0.25, 0.3) is 0 Å². The number of aldehydes is 1. The largest absolute Gasteiger partial charge is 0.301 e. The molecule has 0 saturated heterocycles. The quantitative estimate of drug-likeness (QED) is 0.499. The standard InChI is InChI=1S/C15H14ClNOS/c16-14-9-5-4-6-12(14)10-17-15(11-18)19-13-7-2-1-3-8-13/h1-9,11,15,17H,10H2. The van der Waals surface area contributed by atoms with Crippen molar-refractivity contribution in [3.8, 4) is 0 Å². The fourth-order valence-electron chi connectivity index (χ4n) is 1.62. The first kappa shape index (κ1) is 14.1. The Hall–Kier alpha value is -1.29. The maximum Gasteiger partial charge on any atom is 0.147 e. The Balaban J connectivity index is 1.93. The number of hydrogen-bond donors (Lipinski definition) is 1. The van der Waals surface area contributed by atoms with Gasteiger partial charge < -0.3 is 4.79 Å². The predicted octanol–water partition coefficient (Wildman–Crippen LogP) is 3.75. The molecule has 0 fully saturated rings. The second kappa shape index (κ2) is 7.34. The van der Waals surface area contributed by atoms with Crippen LogP contribution in [0, 0.1) is 0 Å². The molecule has 0 saturated carbocycles. The van der Waals surface area contributed by atoms with Crippen LogP contribution in [0.1, 0.15) is 5.56 Å². The van der Waals surface area contributed by atoms with Crippen LogP contribution in [-0.2, 0) is 11.3 Å². The fourth-order valence-corrected chi connectivity index (χ4v) is 2.65. The lowest BCUT2D eigenvalue weighted by Gasteiger charge is -2.13. The van der Waals surface area contributed by atoms with Crippen molar-refractivity contribution in [3.05, 3.63) is 65.2 Å². The van der Waals surface area contributed by atoms with Crippen LogP contribution < -0.4 is 5.32 Å². The molecule has 0 amide bonds. The molecular formula is C15H14ClNOS. The van der Waals surface area contributed by atoms with Crippen molar-refractivity contribution in [2.24, 2.45) is 0 Å². The summed E-state index contributed by atoms with van der Waals surface area (Å²) in [5, 5.41) is 3.62. The minimum Gasteiger partial charge on any atom is -0.301 e. The number of hydrogen-bond acceptors (Lipinski definition) is 3. The molecule has 0 aromatic heterocycles. The van der Waals surface area contributed by atoms with Gasteiger partial charge in [0, 0.05) is 16.5 Å². The highest BCUT2D eigenvalue weighted by Gasteiger charge is 2.09. The van der Waals surface area contributed by atoms with Crippen LogP contribution in [-0.4, -0.2) is 11.7 Å². The molecule has 19 heavy (non-hydrogen) atoms. The summed E-state index contributed by atoms with van der Waals surface area (Å²) in [6, 6.07) is 17.5. The third-order valence-corrected chi connectivity index (χ3v) is 4.03. The number of halogens is 1. The average Bonchev–Trinajstić information content (AvgIpc) is 2.46. The van der Waals surface area contributed by atoms with E-state index in [9.17, 15) is 4.79 Å². The molecule has 0 bridgehead atoms. The van der Waals surface area contributed by atoms with Crippen LogP contribution in [0.3, 0.4) is 0 Å². The Labute approximate surface area is 122 Å². The molecule has 0 heterocycles. The summed E-state index contributed by atoms with van der Waals surface area (Å²) in [5.41, 5.74) is 0.990. The van der Waals surface area contributed by atoms with Crippen LogP contribution in [0.4, 0.5) is 0 Å². The second-order valence-electron chi connectivity index (χ2n) is 3.96. The molecule has 2 nitrogen and oxygen atoms in total. The minimum absolute atomic E-state index is 0.279. The van der Waals surface area contributed by atoms with Crippen molar-refractivity contribution in [1.82, 2.24) is 5.32 Å². The Morgan fingerprint density at radius 1 is 1.11 bits per heavy atom. The molecule has 0 aliphatic carbocycles. The van der Waals surface area contributed by atoms with Crippen LogP contribution in [0.5, 0.6) is 0 Å². The van der Waals surface area contributed by atoms with Crippen molar-refractivity contribution in [1.29, 1.82) is 0 Å². The lowest BCUT2D eigenvalue weighted by atomic mass is 10.2. The molecule has 1 atom stereocenters. The van der Waals surface area contributed by atoms with Gasteiger partial charge in [0.1, 0.15) is 11.7 Å². The SMILES string of the molecule is O=CC(NCc1ccccc1Cl)Sc1ccccc1. The Bertz CT molecular complexity index is 533. The number of nitrogens with one attached hydrogen (secondary N) is 1. The molecule has 4 heteroatoms. The van der Waals surface area contributed by atoms with Gasteiger partial charge >= 0.3 is 0 Å². The summed E-state index contributed by atoms with van der Waals surface area (Å²) >= 11 is 7.57. The van der Waals surface area contributed by atoms with E-state index in [-0.39, 0.29) is 5.37 Å². The first-order chi connectivity index (χ1) is 9.29. The first-order valence-electron chi connectivity index (χ1n) is 5.93. The molecule has 2 aromatic rings. The van der Waals surface area contributed by atoms with Gasteiger partial charge in [-0.05, 0) is 23.8 Å². The lowest BCUT2D eigenvalue weighted by Crippen LogP contribution is -2.26. The smallest absolute Gasteiger partial charge is 0.147 e. The second-order valence-corrected chi connectivity index (χ2v) is 5.58. The lowest BCUT2D eigenvalue weighted by molar-refractivity contribution is -0.107. The molecule has 1 unspecified atom stereocenters. The zero-order valence-electron chi connectivity index (χ0n) is 10.3. The van der Waals surface area contributed by atoms with E-state index in [0.29, 0.717) is 11.6 Å². The van der Waals surface area contributed by atoms with Crippen LogP contribution in [0.2, 0.25) is 5.02 Å². The van der Waals surface area contributed by atoms with Crippen molar-refractivity contribution in [2.45, 2.75) is 16.8 Å². The molecule has 2 aromatic carbocycles. The van der Waals surface area contributed by atoms with Crippen molar-refractivity contribution in [3.63, 3.8) is 0 Å². The van der Waals surface area contributed by atoms with E-state index < -0.39 is 0 Å². The van der Waals surface area contributed by atoms with Gasteiger partial charge in [0.05, 0.1) is 0 Å². The molecule has 1 N–H and O–H groups in total. The molecule has 0 aliphatic rings. The highest BCUT2D eigenvalue weighted by Crippen LogP contribution is 2.21. The maximum absolute atomic E-state index is 11.1. The topological polar surface area (TPSA) is 29.1 Å². The number of benzene rings is 2. The zero-order chi connectivity index (χ0) is 13.5. The van der Waals surface area contributed by atoms with E-state index >= 15 is 0 Å². The number of thioether (sulfide) groups is 1. The Morgan fingerprint density at radius 3 is 2.47 bits per heavy atom. The monoisotopic (exact) mass is 291 g/mol. The summed E-state index contributed by atoms with van der Waals surface area (Å²) < 4.78 is 0. The van der Waals surface area contributed by atoms with Crippen molar-refractivity contribution >= 4 is 29.6 Å². The number of carbonyl (C=O) groups is 1. The van der Waals surface area contributed by atoms with Crippen LogP contribution >= 0.6 is 23.4 Å². The molecular weight excluding hydrogens is 278 g/mol. The highest BCUT2D eigenvalue weighted by molar-refractivity contribution is 8.00. The zero-order valence-corrected chi connectivity index (χ0v) is 11.8. The number of rotatable bonds is 6. The van der Waals surface area contributed by atoms with Crippen LogP contribution in [0.25, 0.3) is 0 Å². The van der Waals surface area contributed by atoms with Gasteiger partial charge in [-0.15, -0.1) is 0 Å². The van der Waals surface area contributed by atoms with E-state index in [4.69, 9.17) is 11.6 Å². The normalized spacial score (nSPS) is 12.1. The van der Waals surface area contributed by atoms with E-state index in [0.717, 1.165) is 16.7 Å². The van der Waals surface area contributed by atoms with Gasteiger partial charge in [-0.1, -0.05) is 59.8 Å². The summed E-state index contributed by atoms with van der Waals surface area (Å²) in [6.45, 7) is 0.572. The summed E-state index contributed by atoms with van der Waals surface area (Å²) in [5.74, 6) is 0. The van der Waals surface area contributed by atoms with Gasteiger partial charge in [0.15, 0.2) is 0 Å².